The molecule has 0 spiro atoms. The smallest absolute Gasteiger partial charge is 0.303 e. The van der Waals surface area contributed by atoms with Crippen LogP contribution >= 0.6 is 11.8 Å². The lowest BCUT2D eigenvalue weighted by molar-refractivity contribution is -0.137. The highest BCUT2D eigenvalue weighted by atomic mass is 32.2. The summed E-state index contributed by atoms with van der Waals surface area (Å²) >= 11 is 2.05. The first-order valence-corrected chi connectivity index (χ1v) is 8.88. The quantitative estimate of drug-likeness (QED) is 0.463. The van der Waals surface area contributed by atoms with Crippen LogP contribution < -0.4 is 0 Å². The average molecular weight is 300 g/mol. The topological polar surface area (TPSA) is 46.5 Å². The van der Waals surface area contributed by atoms with Crippen molar-refractivity contribution in [2.24, 2.45) is 11.8 Å². The van der Waals surface area contributed by atoms with Gasteiger partial charge < -0.3 is 9.84 Å². The molecule has 0 amide bonds. The highest BCUT2D eigenvalue weighted by Gasteiger charge is 2.27. The molecule has 116 valence electrons. The third-order valence-electron chi connectivity index (χ3n) is 3.83. The summed E-state index contributed by atoms with van der Waals surface area (Å²) in [6.07, 6.45) is 9.95. The Morgan fingerprint density at radius 2 is 2.00 bits per heavy atom. The first-order valence-electron chi connectivity index (χ1n) is 7.72. The normalized spacial score (nSPS) is 22.6. The van der Waals surface area contributed by atoms with Crippen molar-refractivity contribution >= 4 is 17.7 Å². The molecule has 20 heavy (non-hydrogen) atoms. The zero-order chi connectivity index (χ0) is 14.6. The molecule has 0 radical (unpaired) electrons. The first-order chi connectivity index (χ1) is 9.74. The molecular formula is C16H28O3S. The van der Waals surface area contributed by atoms with Crippen molar-refractivity contribution in [2.45, 2.75) is 45.4 Å². The number of unbranched alkanes of at least 4 members (excludes halogenated alkanes) is 3. The van der Waals surface area contributed by atoms with E-state index in [0.29, 0.717) is 12.3 Å². The molecule has 4 heteroatoms. The van der Waals surface area contributed by atoms with E-state index in [2.05, 4.69) is 17.8 Å². The molecular weight excluding hydrogens is 272 g/mol. The van der Waals surface area contributed by atoms with E-state index in [4.69, 9.17) is 9.84 Å². The van der Waals surface area contributed by atoms with Crippen LogP contribution in [0.1, 0.15) is 45.4 Å². The Labute approximate surface area is 127 Å². The van der Waals surface area contributed by atoms with Gasteiger partial charge in [-0.05, 0) is 43.1 Å². The molecule has 1 saturated heterocycles. The second-order valence-electron chi connectivity index (χ2n) is 5.51. The molecule has 1 rings (SSSR count). The van der Waals surface area contributed by atoms with Gasteiger partial charge in [0.1, 0.15) is 0 Å². The second-order valence-corrected chi connectivity index (χ2v) is 6.59. The highest BCUT2D eigenvalue weighted by molar-refractivity contribution is 7.99. The molecule has 1 aliphatic rings. The van der Waals surface area contributed by atoms with Crippen molar-refractivity contribution in [1.82, 2.24) is 0 Å². The number of carboxylic acid groups (broad SMARTS) is 1. The standard InChI is InChI=1S/C16H28O3S/c1-2-3-10-19-11-15-13-20-12-14(15)8-6-4-5-7-9-16(17)18/h2-3,14-15H,4-13H2,1H3,(H,17,18)/b3-2+. The van der Waals surface area contributed by atoms with Crippen LogP contribution in [-0.4, -0.2) is 35.8 Å². The van der Waals surface area contributed by atoms with Crippen molar-refractivity contribution in [3.8, 4) is 0 Å². The molecule has 2 unspecified atom stereocenters. The fraction of sp³-hybridized carbons (Fsp3) is 0.812. The van der Waals surface area contributed by atoms with Crippen LogP contribution in [0.5, 0.6) is 0 Å². The third-order valence-corrected chi connectivity index (χ3v) is 5.16. The molecule has 0 aliphatic carbocycles. The first kappa shape index (κ1) is 17.6. The monoisotopic (exact) mass is 300 g/mol. The number of thioether (sulfide) groups is 1. The third kappa shape index (κ3) is 7.95. The van der Waals surface area contributed by atoms with Crippen molar-refractivity contribution in [1.29, 1.82) is 0 Å². The summed E-state index contributed by atoms with van der Waals surface area (Å²) < 4.78 is 5.69. The maximum atomic E-state index is 10.4. The summed E-state index contributed by atoms with van der Waals surface area (Å²) in [6.45, 7) is 3.64. The van der Waals surface area contributed by atoms with Crippen LogP contribution in [0.2, 0.25) is 0 Å². The van der Waals surface area contributed by atoms with Gasteiger partial charge in [-0.15, -0.1) is 0 Å². The minimum absolute atomic E-state index is 0.320. The summed E-state index contributed by atoms with van der Waals surface area (Å²) in [7, 11) is 0. The molecule has 3 nitrogen and oxygen atoms in total. The van der Waals surface area contributed by atoms with Crippen LogP contribution in [0, 0.1) is 11.8 Å². The summed E-state index contributed by atoms with van der Waals surface area (Å²) in [4.78, 5) is 10.4. The number of carbonyl (C=O) groups is 1. The lowest BCUT2D eigenvalue weighted by atomic mass is 9.91. The van der Waals surface area contributed by atoms with Gasteiger partial charge in [-0.25, -0.2) is 0 Å². The average Bonchev–Trinajstić information content (AvgIpc) is 2.86. The Kier molecular flexibility index (Phi) is 9.85. The Morgan fingerprint density at radius 1 is 1.25 bits per heavy atom. The van der Waals surface area contributed by atoms with Crippen molar-refractivity contribution in [3.05, 3.63) is 12.2 Å². The lowest BCUT2D eigenvalue weighted by Gasteiger charge is -2.18. The Bertz CT molecular complexity index is 291. The van der Waals surface area contributed by atoms with Gasteiger partial charge in [-0.2, -0.15) is 11.8 Å². The molecule has 1 heterocycles. The van der Waals surface area contributed by atoms with E-state index in [1.54, 1.807) is 0 Å². The van der Waals surface area contributed by atoms with Crippen LogP contribution in [0.4, 0.5) is 0 Å². The minimum atomic E-state index is -0.671. The predicted octanol–water partition coefficient (Wildman–Crippen LogP) is 3.98. The van der Waals surface area contributed by atoms with E-state index >= 15 is 0 Å². The van der Waals surface area contributed by atoms with Gasteiger partial charge in [0.05, 0.1) is 13.2 Å². The number of hydrogen-bond donors (Lipinski definition) is 1. The predicted molar refractivity (Wildman–Crippen MR) is 85.3 cm³/mol. The van der Waals surface area contributed by atoms with Crippen LogP contribution in [0.25, 0.3) is 0 Å². The Hall–Kier alpha value is -0.480. The number of rotatable bonds is 11. The minimum Gasteiger partial charge on any atom is -0.481 e. The van der Waals surface area contributed by atoms with Crippen LogP contribution in [-0.2, 0) is 9.53 Å². The van der Waals surface area contributed by atoms with Gasteiger partial charge >= 0.3 is 5.97 Å². The molecule has 0 aromatic heterocycles. The zero-order valence-electron chi connectivity index (χ0n) is 12.6. The Balaban J connectivity index is 2.04. The second kappa shape index (κ2) is 11.2. The van der Waals surface area contributed by atoms with Crippen molar-refractivity contribution in [3.63, 3.8) is 0 Å². The van der Waals surface area contributed by atoms with Crippen molar-refractivity contribution in [2.75, 3.05) is 24.7 Å². The van der Waals surface area contributed by atoms with Gasteiger partial charge in [0.25, 0.3) is 0 Å². The SMILES string of the molecule is C/C=C/COCC1CSCC1CCCCCCC(=O)O. The van der Waals surface area contributed by atoms with Gasteiger partial charge in [-0.1, -0.05) is 31.4 Å². The van der Waals surface area contributed by atoms with E-state index in [1.807, 2.05) is 13.0 Å². The number of ether oxygens (including phenoxy) is 1. The van der Waals surface area contributed by atoms with E-state index in [-0.39, 0.29) is 0 Å². The molecule has 1 aliphatic heterocycles. The molecule has 0 aromatic rings. The van der Waals surface area contributed by atoms with E-state index < -0.39 is 5.97 Å². The van der Waals surface area contributed by atoms with Crippen LogP contribution in [0.3, 0.4) is 0 Å². The van der Waals surface area contributed by atoms with E-state index in [9.17, 15) is 4.79 Å². The molecule has 0 aromatic carbocycles. The number of carboxylic acids is 1. The summed E-state index contributed by atoms with van der Waals surface area (Å²) in [5.41, 5.74) is 0. The molecule has 1 N–H and O–H groups in total. The van der Waals surface area contributed by atoms with Gasteiger partial charge in [0, 0.05) is 6.42 Å². The summed E-state index contributed by atoms with van der Waals surface area (Å²) in [5, 5.41) is 8.58. The number of allylic oxidation sites excluding steroid dienone is 1. The molecule has 0 bridgehead atoms. The summed E-state index contributed by atoms with van der Waals surface area (Å²) in [5.74, 6) is 3.34. The molecule has 0 saturated carbocycles. The largest absolute Gasteiger partial charge is 0.481 e. The number of hydrogen-bond acceptors (Lipinski definition) is 3. The zero-order valence-corrected chi connectivity index (χ0v) is 13.4. The maximum Gasteiger partial charge on any atom is 0.303 e. The summed E-state index contributed by atoms with van der Waals surface area (Å²) in [6, 6.07) is 0. The number of aliphatic carboxylic acids is 1. The lowest BCUT2D eigenvalue weighted by Crippen LogP contribution is -2.18. The van der Waals surface area contributed by atoms with Crippen molar-refractivity contribution < 1.29 is 14.6 Å². The van der Waals surface area contributed by atoms with Gasteiger partial charge in [-0.3, -0.25) is 4.79 Å². The van der Waals surface area contributed by atoms with Gasteiger partial charge in [0.15, 0.2) is 0 Å². The van der Waals surface area contributed by atoms with E-state index in [1.165, 1.54) is 30.8 Å². The highest BCUT2D eigenvalue weighted by Crippen LogP contribution is 2.33. The van der Waals surface area contributed by atoms with E-state index in [0.717, 1.165) is 32.0 Å². The van der Waals surface area contributed by atoms with Gasteiger partial charge in [0.2, 0.25) is 0 Å². The maximum absolute atomic E-state index is 10.4. The molecule has 1 fully saturated rings. The Morgan fingerprint density at radius 3 is 2.75 bits per heavy atom. The fourth-order valence-electron chi connectivity index (χ4n) is 2.57. The fourth-order valence-corrected chi connectivity index (χ4v) is 4.11. The molecule has 2 atom stereocenters. The van der Waals surface area contributed by atoms with Crippen LogP contribution in [0.15, 0.2) is 12.2 Å².